The van der Waals surface area contributed by atoms with Crippen LogP contribution in [0.1, 0.15) is 51.5 Å². The number of carbonyl (C=O) groups excluding carboxylic acids is 3. The zero-order chi connectivity index (χ0) is 32.9. The number of phenolic OH excluding ortho intramolecular Hbond substituents is 1. The molecule has 7 nitrogen and oxygen atoms in total. The molecule has 0 unspecified atom stereocenters. The van der Waals surface area contributed by atoms with Crippen LogP contribution >= 0.6 is 0 Å². The molecule has 8 heteroatoms. The first kappa shape index (κ1) is 31.3. The largest absolute Gasteiger partial charge is 0.507 e. The molecule has 236 valence electrons. The molecule has 1 aliphatic carbocycles. The van der Waals surface area contributed by atoms with Crippen molar-refractivity contribution in [2.24, 2.45) is 0 Å². The van der Waals surface area contributed by atoms with Crippen LogP contribution in [0.3, 0.4) is 0 Å². The van der Waals surface area contributed by atoms with Crippen LogP contribution in [0.2, 0.25) is 13.1 Å². The average molecular weight is 633 g/mol. The minimum Gasteiger partial charge on any atom is -0.507 e. The standard InChI is InChI=1S/C38H40N2O5Si/c1-7-35(42)39-14-16-40(17-15-39)38(44)26-8-11-30(23(2)18-26)36-31-12-9-27(41)21-33(31)46(5,6)34-22-28(10-13-32(34)36)45-29-19-24(3)37(43)25(4)20-29/h8-13,18-22,43H,7,14-17H2,1-6H3. The minimum atomic E-state index is -2.33. The number of hydrogen-bond donors (Lipinski definition) is 1. The lowest BCUT2D eigenvalue weighted by Gasteiger charge is -2.38. The van der Waals surface area contributed by atoms with Gasteiger partial charge in [-0.15, -0.1) is 0 Å². The summed E-state index contributed by atoms with van der Waals surface area (Å²) in [5.74, 6) is 1.70. The molecule has 0 spiro atoms. The molecule has 2 aliphatic heterocycles. The van der Waals surface area contributed by atoms with E-state index in [1.807, 2.05) is 80.0 Å². The van der Waals surface area contributed by atoms with Crippen LogP contribution in [-0.4, -0.2) is 66.8 Å². The molecular weight excluding hydrogens is 593 g/mol. The third-order valence-corrected chi connectivity index (χ3v) is 13.1. The van der Waals surface area contributed by atoms with Crippen LogP contribution in [-0.2, 0) is 9.59 Å². The van der Waals surface area contributed by atoms with Crippen LogP contribution < -0.4 is 9.92 Å². The fraction of sp³-hybridized carbons (Fsp3) is 0.289. The Labute approximate surface area is 271 Å². The van der Waals surface area contributed by atoms with Crippen molar-refractivity contribution < 1.29 is 24.2 Å². The maximum atomic E-state index is 13.5. The summed E-state index contributed by atoms with van der Waals surface area (Å²) in [7, 11) is -2.33. The number of aromatic hydroxyl groups is 1. The van der Waals surface area contributed by atoms with Crippen molar-refractivity contribution in [3.63, 3.8) is 0 Å². The minimum absolute atomic E-state index is 0.0111. The number of carbonyl (C=O) groups is 3. The number of fused-ring (bicyclic) bond motifs is 2. The van der Waals surface area contributed by atoms with Crippen LogP contribution in [0.5, 0.6) is 17.2 Å². The van der Waals surface area contributed by atoms with Gasteiger partial charge in [0.1, 0.15) is 25.3 Å². The molecule has 2 heterocycles. The van der Waals surface area contributed by atoms with E-state index in [9.17, 15) is 19.5 Å². The first-order valence-electron chi connectivity index (χ1n) is 15.9. The number of amides is 2. The number of piperazine rings is 1. The van der Waals surface area contributed by atoms with Crippen LogP contribution in [0.25, 0.3) is 5.57 Å². The van der Waals surface area contributed by atoms with Crippen molar-refractivity contribution in [3.05, 3.63) is 111 Å². The van der Waals surface area contributed by atoms with Gasteiger partial charge in [-0.3, -0.25) is 14.4 Å². The van der Waals surface area contributed by atoms with E-state index in [-0.39, 0.29) is 23.3 Å². The summed E-state index contributed by atoms with van der Waals surface area (Å²) in [5.41, 5.74) is 7.32. The highest BCUT2D eigenvalue weighted by atomic mass is 28.3. The molecule has 3 aromatic rings. The smallest absolute Gasteiger partial charge is 0.253 e. The first-order valence-corrected chi connectivity index (χ1v) is 18.9. The van der Waals surface area contributed by atoms with Crippen molar-refractivity contribution in [2.45, 2.75) is 47.2 Å². The lowest BCUT2D eigenvalue weighted by atomic mass is 9.87. The molecule has 0 aromatic heterocycles. The highest BCUT2D eigenvalue weighted by Crippen LogP contribution is 2.43. The predicted molar refractivity (Wildman–Crippen MR) is 183 cm³/mol. The monoisotopic (exact) mass is 632 g/mol. The Hall–Kier alpha value is -4.69. The second-order valence-corrected chi connectivity index (χ2v) is 17.3. The number of aryl methyl sites for hydroxylation is 3. The van der Waals surface area contributed by atoms with Gasteiger partial charge in [0.25, 0.3) is 5.91 Å². The Morgan fingerprint density at radius 1 is 0.826 bits per heavy atom. The van der Waals surface area contributed by atoms with Gasteiger partial charge < -0.3 is 19.6 Å². The highest BCUT2D eigenvalue weighted by molar-refractivity contribution is 6.98. The molecule has 6 rings (SSSR count). The Balaban J connectivity index is 1.38. The van der Waals surface area contributed by atoms with Crippen molar-refractivity contribution in [2.75, 3.05) is 26.2 Å². The SMILES string of the molecule is CCC(=O)N1CCN(C(=O)c2ccc(C3=C4C=CC(=O)C=C4[Si](C)(C)c4cc(Oc5cc(C)c(O)c(C)c5)ccc43)c(C)c2)CC1. The van der Waals surface area contributed by atoms with Gasteiger partial charge in [0.15, 0.2) is 5.78 Å². The zero-order valence-electron chi connectivity index (χ0n) is 27.4. The van der Waals surface area contributed by atoms with E-state index in [0.717, 1.165) is 44.2 Å². The molecule has 46 heavy (non-hydrogen) atoms. The Morgan fingerprint density at radius 3 is 2.13 bits per heavy atom. The van der Waals surface area contributed by atoms with Gasteiger partial charge in [0.2, 0.25) is 5.91 Å². The summed E-state index contributed by atoms with van der Waals surface area (Å²) in [4.78, 5) is 42.0. The van der Waals surface area contributed by atoms with Gasteiger partial charge >= 0.3 is 0 Å². The number of nitrogens with zero attached hydrogens (tertiary/aromatic N) is 2. The Morgan fingerprint density at radius 2 is 1.48 bits per heavy atom. The van der Waals surface area contributed by atoms with Crippen LogP contribution in [0.4, 0.5) is 0 Å². The van der Waals surface area contributed by atoms with E-state index in [4.69, 9.17) is 4.74 Å². The molecule has 3 aliphatic rings. The van der Waals surface area contributed by atoms with Gasteiger partial charge in [-0.05, 0) is 119 Å². The van der Waals surface area contributed by atoms with Gasteiger partial charge in [0.05, 0.1) is 0 Å². The lowest BCUT2D eigenvalue weighted by molar-refractivity contribution is -0.132. The topological polar surface area (TPSA) is 87.2 Å². The Kier molecular flexibility index (Phi) is 8.10. The quantitative estimate of drug-likeness (QED) is 0.342. The van der Waals surface area contributed by atoms with Crippen molar-refractivity contribution in [3.8, 4) is 17.2 Å². The Bertz CT molecular complexity index is 1870. The number of ether oxygens (including phenoxy) is 1. The number of benzene rings is 3. The molecule has 2 amide bonds. The molecule has 0 saturated carbocycles. The van der Waals surface area contributed by atoms with E-state index >= 15 is 0 Å². The molecule has 0 bridgehead atoms. The summed E-state index contributed by atoms with van der Waals surface area (Å²) in [6, 6.07) is 15.7. The highest BCUT2D eigenvalue weighted by Gasteiger charge is 2.40. The maximum Gasteiger partial charge on any atom is 0.253 e. The molecular formula is C38H40N2O5Si. The summed E-state index contributed by atoms with van der Waals surface area (Å²) in [6.07, 6.45) is 5.85. The van der Waals surface area contributed by atoms with E-state index in [0.29, 0.717) is 49.7 Å². The molecule has 1 fully saturated rings. The van der Waals surface area contributed by atoms with Gasteiger partial charge in [-0.2, -0.15) is 0 Å². The fourth-order valence-corrected chi connectivity index (χ4v) is 9.97. The number of ketones is 1. The molecule has 3 aromatic carbocycles. The molecule has 1 saturated heterocycles. The number of phenols is 1. The summed E-state index contributed by atoms with van der Waals surface area (Å²) in [6.45, 7) is 14.3. The lowest BCUT2D eigenvalue weighted by Crippen LogP contribution is -2.50. The van der Waals surface area contributed by atoms with Crippen molar-refractivity contribution >= 4 is 36.4 Å². The van der Waals surface area contributed by atoms with E-state index in [2.05, 4.69) is 25.2 Å². The first-order chi connectivity index (χ1) is 21.9. The van der Waals surface area contributed by atoms with E-state index in [1.165, 1.54) is 5.19 Å². The van der Waals surface area contributed by atoms with Crippen LogP contribution in [0.15, 0.2) is 77.5 Å². The second-order valence-electron chi connectivity index (χ2n) is 13.0. The van der Waals surface area contributed by atoms with Crippen LogP contribution in [0, 0.1) is 20.8 Å². The van der Waals surface area contributed by atoms with Gasteiger partial charge in [0, 0.05) is 38.2 Å². The third-order valence-electron chi connectivity index (χ3n) is 9.53. The van der Waals surface area contributed by atoms with Crippen molar-refractivity contribution in [1.29, 1.82) is 0 Å². The van der Waals surface area contributed by atoms with Gasteiger partial charge in [-0.1, -0.05) is 38.2 Å². The molecule has 0 radical (unpaired) electrons. The summed E-state index contributed by atoms with van der Waals surface area (Å²) >= 11 is 0. The van der Waals surface area contributed by atoms with Gasteiger partial charge in [-0.25, -0.2) is 0 Å². The summed E-state index contributed by atoms with van der Waals surface area (Å²) in [5, 5.41) is 12.5. The number of rotatable bonds is 5. The van der Waals surface area contributed by atoms with E-state index < -0.39 is 8.07 Å². The number of hydrogen-bond acceptors (Lipinski definition) is 5. The third kappa shape index (κ3) is 5.51. The molecule has 1 N–H and O–H groups in total. The van der Waals surface area contributed by atoms with E-state index in [1.54, 1.807) is 12.2 Å². The number of allylic oxidation sites excluding steroid dienone is 5. The molecule has 0 atom stereocenters. The zero-order valence-corrected chi connectivity index (χ0v) is 28.4. The summed E-state index contributed by atoms with van der Waals surface area (Å²) < 4.78 is 6.33. The van der Waals surface area contributed by atoms with Crippen molar-refractivity contribution in [1.82, 2.24) is 9.80 Å². The fourth-order valence-electron chi connectivity index (χ4n) is 6.91. The second kappa shape index (κ2) is 11.9. The maximum absolute atomic E-state index is 13.5. The normalized spacial score (nSPS) is 17.0. The average Bonchev–Trinajstić information content (AvgIpc) is 3.04. The predicted octanol–water partition coefficient (Wildman–Crippen LogP) is 6.14.